The molecule has 1 aromatic heterocycles. The van der Waals surface area contributed by atoms with Crippen LogP contribution in [-0.4, -0.2) is 11.2 Å². The van der Waals surface area contributed by atoms with E-state index in [-0.39, 0.29) is 0 Å². The van der Waals surface area contributed by atoms with Gasteiger partial charge in [-0.05, 0) is 63.6 Å². The van der Waals surface area contributed by atoms with Gasteiger partial charge in [0, 0.05) is 17.2 Å². The topological polar surface area (TPSA) is 25.2 Å². The maximum Gasteiger partial charge on any atom is 0.209 e. The Labute approximate surface area is 173 Å². The number of aliphatic imine (C=N–C) groups is 1. The standard InChI is InChI=1S/C26H18N2S/c1-2-5-18(6-3-1)23-16-29-26(28-23)27-15-17-13-21-11-9-19-7-4-8-20-10-12-22(14-17)25(21)24(19)20/h1-7,9-11,13-16H,8,12H2/b27-15+. The van der Waals surface area contributed by atoms with Crippen molar-refractivity contribution in [3.63, 3.8) is 0 Å². The van der Waals surface area contributed by atoms with Crippen molar-refractivity contribution >= 4 is 45.1 Å². The van der Waals surface area contributed by atoms with Crippen LogP contribution in [0, 0.1) is 0 Å². The van der Waals surface area contributed by atoms with Crippen molar-refractivity contribution < 1.29 is 0 Å². The lowest BCUT2D eigenvalue weighted by molar-refractivity contribution is 1.23. The van der Waals surface area contributed by atoms with E-state index in [0.717, 1.165) is 34.8 Å². The van der Waals surface area contributed by atoms with Crippen molar-refractivity contribution in [1.82, 2.24) is 4.98 Å². The van der Waals surface area contributed by atoms with Crippen LogP contribution in [0.5, 0.6) is 0 Å². The Bertz CT molecular complexity index is 1340. The number of nitrogens with zero attached hydrogens (tertiary/aromatic N) is 2. The van der Waals surface area contributed by atoms with E-state index in [1.807, 2.05) is 24.4 Å². The summed E-state index contributed by atoms with van der Waals surface area (Å²) in [5.74, 6) is 0. The molecule has 0 N–H and O–H groups in total. The second-order valence-electron chi connectivity index (χ2n) is 7.49. The molecule has 138 valence electrons. The van der Waals surface area contributed by atoms with Crippen molar-refractivity contribution in [1.29, 1.82) is 0 Å². The Kier molecular flexibility index (Phi) is 3.81. The highest BCUT2D eigenvalue weighted by molar-refractivity contribution is 7.13. The molecule has 0 aliphatic heterocycles. The Morgan fingerprint density at radius 1 is 1.00 bits per heavy atom. The molecule has 0 amide bonds. The van der Waals surface area contributed by atoms with Gasteiger partial charge < -0.3 is 0 Å². The SMILES string of the molecule is C1=Cc2ccc3cc(/C=N/c4nc(-c5ccccc5)cs4)cc4c3c2C(=CC4)C1. The molecule has 3 heteroatoms. The number of allylic oxidation sites excluding steroid dienone is 3. The predicted octanol–water partition coefficient (Wildman–Crippen LogP) is 7.07. The van der Waals surface area contributed by atoms with Crippen LogP contribution in [0.2, 0.25) is 0 Å². The molecule has 3 aromatic carbocycles. The van der Waals surface area contributed by atoms with Crippen LogP contribution >= 0.6 is 11.3 Å². The van der Waals surface area contributed by atoms with Crippen molar-refractivity contribution in [2.45, 2.75) is 12.8 Å². The number of aromatic nitrogens is 1. The number of hydrogen-bond acceptors (Lipinski definition) is 3. The van der Waals surface area contributed by atoms with Crippen molar-refractivity contribution in [3.05, 3.63) is 94.4 Å². The van der Waals surface area contributed by atoms with Gasteiger partial charge in [-0.3, -0.25) is 0 Å². The molecule has 0 unspecified atom stereocenters. The molecular formula is C26H18N2S. The molecule has 0 saturated heterocycles. The van der Waals surface area contributed by atoms with Crippen LogP contribution in [-0.2, 0) is 6.42 Å². The summed E-state index contributed by atoms with van der Waals surface area (Å²) < 4.78 is 0. The Balaban J connectivity index is 1.37. The molecule has 0 fully saturated rings. The monoisotopic (exact) mass is 390 g/mol. The van der Waals surface area contributed by atoms with Crippen LogP contribution in [0.3, 0.4) is 0 Å². The van der Waals surface area contributed by atoms with Gasteiger partial charge in [0.2, 0.25) is 5.13 Å². The van der Waals surface area contributed by atoms with E-state index < -0.39 is 0 Å². The van der Waals surface area contributed by atoms with Gasteiger partial charge in [-0.2, -0.15) is 0 Å². The van der Waals surface area contributed by atoms with Crippen LogP contribution in [0.1, 0.15) is 28.7 Å². The minimum absolute atomic E-state index is 0.787. The first kappa shape index (κ1) is 16.6. The highest BCUT2D eigenvalue weighted by Gasteiger charge is 2.19. The summed E-state index contributed by atoms with van der Waals surface area (Å²) >= 11 is 1.58. The zero-order chi connectivity index (χ0) is 19.2. The van der Waals surface area contributed by atoms with E-state index in [0.29, 0.717) is 0 Å². The predicted molar refractivity (Wildman–Crippen MR) is 124 cm³/mol. The molecular weight excluding hydrogens is 372 g/mol. The van der Waals surface area contributed by atoms with E-state index in [1.165, 1.54) is 33.0 Å². The van der Waals surface area contributed by atoms with Crippen molar-refractivity contribution in [2.24, 2.45) is 4.99 Å². The highest BCUT2D eigenvalue weighted by Crippen LogP contribution is 2.40. The molecule has 6 rings (SSSR count). The Morgan fingerprint density at radius 3 is 2.86 bits per heavy atom. The fourth-order valence-electron chi connectivity index (χ4n) is 4.34. The lowest BCUT2D eigenvalue weighted by Gasteiger charge is -2.23. The second-order valence-corrected chi connectivity index (χ2v) is 8.32. The van der Waals surface area contributed by atoms with Crippen LogP contribution in [0.15, 0.2) is 77.1 Å². The number of rotatable bonds is 3. The van der Waals surface area contributed by atoms with E-state index in [4.69, 9.17) is 0 Å². The van der Waals surface area contributed by atoms with E-state index in [9.17, 15) is 0 Å². The summed E-state index contributed by atoms with van der Waals surface area (Å²) in [6.45, 7) is 0. The van der Waals surface area contributed by atoms with Gasteiger partial charge in [0.25, 0.3) is 0 Å². The molecule has 0 radical (unpaired) electrons. The van der Waals surface area contributed by atoms with Gasteiger partial charge in [0.15, 0.2) is 0 Å². The summed E-state index contributed by atoms with van der Waals surface area (Å²) in [6.07, 6.45) is 10.9. The van der Waals surface area contributed by atoms with Crippen LogP contribution in [0.4, 0.5) is 5.13 Å². The molecule has 1 heterocycles. The number of benzene rings is 3. The Hall–Kier alpha value is -3.30. The minimum Gasteiger partial charge on any atom is -0.227 e. The van der Waals surface area contributed by atoms with E-state index in [1.54, 1.807) is 11.3 Å². The lowest BCUT2D eigenvalue weighted by atomic mass is 9.81. The fraction of sp³-hybridized carbons (Fsp3) is 0.0769. The third-order valence-electron chi connectivity index (χ3n) is 5.66. The first-order valence-corrected chi connectivity index (χ1v) is 10.7. The average Bonchev–Trinajstić information content (AvgIpc) is 3.26. The molecule has 0 spiro atoms. The third kappa shape index (κ3) is 2.86. The smallest absolute Gasteiger partial charge is 0.209 e. The van der Waals surface area contributed by atoms with Gasteiger partial charge >= 0.3 is 0 Å². The molecule has 0 atom stereocenters. The van der Waals surface area contributed by atoms with Gasteiger partial charge in [0.1, 0.15) is 0 Å². The summed E-state index contributed by atoms with van der Waals surface area (Å²) in [5, 5.41) is 5.57. The van der Waals surface area contributed by atoms with Crippen molar-refractivity contribution in [2.75, 3.05) is 0 Å². The molecule has 2 aliphatic rings. The molecule has 2 aliphatic carbocycles. The molecule has 2 nitrogen and oxygen atoms in total. The third-order valence-corrected chi connectivity index (χ3v) is 6.41. The maximum absolute atomic E-state index is 4.67. The van der Waals surface area contributed by atoms with Gasteiger partial charge in [-0.1, -0.05) is 60.7 Å². The summed E-state index contributed by atoms with van der Waals surface area (Å²) in [4.78, 5) is 9.33. The number of thiazole rings is 1. The van der Waals surface area contributed by atoms with E-state index >= 15 is 0 Å². The average molecular weight is 391 g/mol. The number of hydrogen-bond donors (Lipinski definition) is 0. The zero-order valence-electron chi connectivity index (χ0n) is 15.8. The summed E-state index contributed by atoms with van der Waals surface area (Å²) in [7, 11) is 0. The maximum atomic E-state index is 4.67. The molecule has 0 saturated carbocycles. The van der Waals surface area contributed by atoms with E-state index in [2.05, 4.69) is 70.0 Å². The highest BCUT2D eigenvalue weighted by atomic mass is 32.1. The molecule has 4 aromatic rings. The summed E-state index contributed by atoms with van der Waals surface area (Å²) in [6, 6.07) is 19.3. The van der Waals surface area contributed by atoms with Gasteiger partial charge in [0.05, 0.1) is 5.69 Å². The molecule has 29 heavy (non-hydrogen) atoms. The quantitative estimate of drug-likeness (QED) is 0.343. The van der Waals surface area contributed by atoms with Gasteiger partial charge in [-0.25, -0.2) is 9.98 Å². The van der Waals surface area contributed by atoms with Crippen molar-refractivity contribution in [3.8, 4) is 11.3 Å². The molecule has 0 bridgehead atoms. The zero-order valence-corrected chi connectivity index (χ0v) is 16.6. The van der Waals surface area contributed by atoms with Crippen LogP contribution in [0.25, 0.3) is 33.7 Å². The minimum atomic E-state index is 0.787. The largest absolute Gasteiger partial charge is 0.227 e. The normalized spacial score (nSPS) is 14.6. The summed E-state index contributed by atoms with van der Waals surface area (Å²) in [5.41, 5.74) is 8.88. The lowest BCUT2D eigenvalue weighted by Crippen LogP contribution is -2.03. The van der Waals surface area contributed by atoms with Gasteiger partial charge in [-0.15, -0.1) is 11.3 Å². The first-order valence-electron chi connectivity index (χ1n) is 9.86. The first-order chi connectivity index (χ1) is 14.3. The Morgan fingerprint density at radius 2 is 1.93 bits per heavy atom. The second kappa shape index (κ2) is 6.64. The fourth-order valence-corrected chi connectivity index (χ4v) is 5.01. The van der Waals surface area contributed by atoms with Crippen LogP contribution < -0.4 is 0 Å².